The molecule has 3 aromatic rings. The van der Waals surface area contributed by atoms with Crippen molar-refractivity contribution >= 4 is 11.2 Å². The zero-order valence-corrected chi connectivity index (χ0v) is 17.4. The molecule has 0 radical (unpaired) electrons. The van der Waals surface area contributed by atoms with Crippen molar-refractivity contribution in [3.8, 4) is 0 Å². The molecule has 5 nitrogen and oxygen atoms in total. The van der Waals surface area contributed by atoms with Gasteiger partial charge in [0.1, 0.15) is 5.52 Å². The highest BCUT2D eigenvalue weighted by Gasteiger charge is 2.35. The van der Waals surface area contributed by atoms with Gasteiger partial charge in [0.2, 0.25) is 0 Å². The average Bonchev–Trinajstić information content (AvgIpc) is 3.06. The molecule has 0 saturated carbocycles. The summed E-state index contributed by atoms with van der Waals surface area (Å²) in [6.45, 7) is 4.21. The molecule has 1 N–H and O–H groups in total. The van der Waals surface area contributed by atoms with Gasteiger partial charge in [0.05, 0.1) is 30.1 Å². The van der Waals surface area contributed by atoms with E-state index < -0.39 is 17.8 Å². The summed E-state index contributed by atoms with van der Waals surface area (Å²) >= 11 is 0. The van der Waals surface area contributed by atoms with E-state index in [1.54, 1.807) is 6.20 Å². The number of halogens is 3. The highest BCUT2D eigenvalue weighted by molar-refractivity contribution is 5.79. The first-order valence-corrected chi connectivity index (χ1v) is 10.8. The number of alkyl halides is 3. The summed E-state index contributed by atoms with van der Waals surface area (Å²) in [6.07, 6.45) is 0.731. The summed E-state index contributed by atoms with van der Waals surface area (Å²) in [5.41, 5.74) is 4.60. The second-order valence-electron chi connectivity index (χ2n) is 8.59. The molecule has 164 valence electrons. The third kappa shape index (κ3) is 3.61. The van der Waals surface area contributed by atoms with Gasteiger partial charge in [0.15, 0.2) is 5.65 Å². The van der Waals surface area contributed by atoms with Crippen LogP contribution in [0.15, 0.2) is 30.5 Å². The van der Waals surface area contributed by atoms with Crippen molar-refractivity contribution in [1.29, 1.82) is 0 Å². The highest BCUT2D eigenvalue weighted by Crippen LogP contribution is 2.41. The second-order valence-corrected chi connectivity index (χ2v) is 8.59. The molecule has 0 spiro atoms. The number of aliphatic hydroxyl groups is 1. The van der Waals surface area contributed by atoms with Crippen molar-refractivity contribution in [3.05, 3.63) is 58.5 Å². The summed E-state index contributed by atoms with van der Waals surface area (Å²) in [7, 11) is 0. The molecule has 2 aliphatic heterocycles. The normalized spacial score (nSPS) is 20.5. The Balaban J connectivity index is 1.53. The number of aryl methyl sites for hydroxylation is 1. The van der Waals surface area contributed by atoms with E-state index in [-0.39, 0.29) is 6.54 Å². The second kappa shape index (κ2) is 7.60. The fourth-order valence-electron chi connectivity index (χ4n) is 5.08. The van der Waals surface area contributed by atoms with E-state index >= 15 is 0 Å². The molecule has 2 aliphatic rings. The van der Waals surface area contributed by atoms with Crippen molar-refractivity contribution in [3.63, 3.8) is 0 Å². The Morgan fingerprint density at radius 3 is 2.68 bits per heavy atom. The Kier molecular flexibility index (Phi) is 5.01. The first-order chi connectivity index (χ1) is 14.8. The quantitative estimate of drug-likeness (QED) is 0.661. The summed E-state index contributed by atoms with van der Waals surface area (Å²) in [4.78, 5) is 12.0. The van der Waals surface area contributed by atoms with Gasteiger partial charge in [-0.2, -0.15) is 13.2 Å². The largest absolute Gasteiger partial charge is 0.416 e. The Morgan fingerprint density at radius 2 is 1.94 bits per heavy atom. The number of hydrogen-bond acceptors (Lipinski definition) is 4. The van der Waals surface area contributed by atoms with Gasteiger partial charge < -0.3 is 9.67 Å². The van der Waals surface area contributed by atoms with E-state index in [1.165, 1.54) is 30.5 Å². The molecule has 0 amide bonds. The summed E-state index contributed by atoms with van der Waals surface area (Å²) in [5.74, 6) is 0. The first kappa shape index (κ1) is 20.5. The van der Waals surface area contributed by atoms with Crippen molar-refractivity contribution < 1.29 is 18.3 Å². The van der Waals surface area contributed by atoms with Gasteiger partial charge in [-0.15, -0.1) is 0 Å². The number of aromatic nitrogens is 3. The molecule has 31 heavy (non-hydrogen) atoms. The zero-order valence-electron chi connectivity index (χ0n) is 17.4. The van der Waals surface area contributed by atoms with Crippen LogP contribution in [-0.4, -0.2) is 37.6 Å². The third-order valence-corrected chi connectivity index (χ3v) is 6.58. The summed E-state index contributed by atoms with van der Waals surface area (Å²) in [6, 6.07) is 5.06. The fourth-order valence-corrected chi connectivity index (χ4v) is 5.08. The average molecular weight is 430 g/mol. The molecule has 0 aliphatic carbocycles. The first-order valence-electron chi connectivity index (χ1n) is 10.8. The monoisotopic (exact) mass is 430 g/mol. The molecule has 2 unspecified atom stereocenters. The molecule has 1 fully saturated rings. The molecule has 2 atom stereocenters. The SMILES string of the molecule is Cc1cnc2c(n1)c1c(n2CC(O)c2ccc(C(F)(F)F)cc2)CCN2CCCCC12. The van der Waals surface area contributed by atoms with Crippen LogP contribution < -0.4 is 0 Å². The van der Waals surface area contributed by atoms with E-state index in [0.29, 0.717) is 11.6 Å². The third-order valence-electron chi connectivity index (χ3n) is 6.58. The number of piperidine rings is 1. The van der Waals surface area contributed by atoms with Crippen LogP contribution in [0.1, 0.15) is 59.5 Å². The molecule has 8 heteroatoms. The van der Waals surface area contributed by atoms with E-state index in [9.17, 15) is 18.3 Å². The van der Waals surface area contributed by atoms with Crippen molar-refractivity contribution in [1.82, 2.24) is 19.4 Å². The van der Waals surface area contributed by atoms with E-state index in [4.69, 9.17) is 4.98 Å². The molecule has 1 saturated heterocycles. The molecule has 0 bridgehead atoms. The Hall–Kier alpha value is -2.45. The predicted octanol–water partition coefficient (Wildman–Crippen LogP) is 4.58. The Bertz CT molecular complexity index is 1110. The molecule has 2 aromatic heterocycles. The van der Waals surface area contributed by atoms with E-state index in [2.05, 4.69) is 9.88 Å². The van der Waals surface area contributed by atoms with Gasteiger partial charge in [0, 0.05) is 30.3 Å². The lowest BCUT2D eigenvalue weighted by atomic mass is 9.90. The number of nitrogens with zero attached hydrogens (tertiary/aromatic N) is 4. The van der Waals surface area contributed by atoms with Gasteiger partial charge in [-0.1, -0.05) is 18.6 Å². The van der Waals surface area contributed by atoms with Crippen LogP contribution in [0.2, 0.25) is 0 Å². The van der Waals surface area contributed by atoms with Crippen LogP contribution in [0.5, 0.6) is 0 Å². The van der Waals surface area contributed by atoms with Crippen LogP contribution in [0.25, 0.3) is 11.2 Å². The van der Waals surface area contributed by atoms with Gasteiger partial charge in [-0.3, -0.25) is 4.90 Å². The Labute approximate surface area is 178 Å². The number of aliphatic hydroxyl groups excluding tert-OH is 1. The lowest BCUT2D eigenvalue weighted by Gasteiger charge is -2.39. The van der Waals surface area contributed by atoms with E-state index in [0.717, 1.165) is 60.6 Å². The van der Waals surface area contributed by atoms with Crippen LogP contribution >= 0.6 is 0 Å². The number of rotatable bonds is 3. The maximum Gasteiger partial charge on any atom is 0.416 e. The van der Waals surface area contributed by atoms with Gasteiger partial charge in [-0.05, 0) is 44.0 Å². The topological polar surface area (TPSA) is 54.2 Å². The minimum absolute atomic E-state index is 0.238. The fraction of sp³-hybridized carbons (Fsp3) is 0.478. The van der Waals surface area contributed by atoms with Crippen LogP contribution in [0.4, 0.5) is 13.2 Å². The van der Waals surface area contributed by atoms with Crippen molar-refractivity contribution in [2.24, 2.45) is 0 Å². The number of hydrogen-bond donors (Lipinski definition) is 1. The van der Waals surface area contributed by atoms with Crippen LogP contribution in [0.3, 0.4) is 0 Å². The van der Waals surface area contributed by atoms with Gasteiger partial charge >= 0.3 is 6.18 Å². The number of fused-ring (bicyclic) bond motifs is 5. The minimum Gasteiger partial charge on any atom is -0.387 e. The van der Waals surface area contributed by atoms with Crippen LogP contribution in [-0.2, 0) is 19.1 Å². The van der Waals surface area contributed by atoms with Crippen molar-refractivity contribution in [2.45, 2.75) is 57.5 Å². The van der Waals surface area contributed by atoms with Gasteiger partial charge in [0.25, 0.3) is 0 Å². The molecular weight excluding hydrogens is 405 g/mol. The minimum atomic E-state index is -4.39. The lowest BCUT2D eigenvalue weighted by molar-refractivity contribution is -0.137. The lowest BCUT2D eigenvalue weighted by Crippen LogP contribution is -2.39. The van der Waals surface area contributed by atoms with Crippen LogP contribution in [0, 0.1) is 6.92 Å². The van der Waals surface area contributed by atoms with Crippen molar-refractivity contribution in [2.75, 3.05) is 13.1 Å². The maximum atomic E-state index is 12.9. The van der Waals surface area contributed by atoms with Gasteiger partial charge in [-0.25, -0.2) is 9.97 Å². The number of benzene rings is 1. The molecule has 1 aromatic carbocycles. The molecular formula is C23H25F3N4O. The standard InChI is InChI=1S/C23H25F3N4O/c1-14-12-27-22-21(28-14)20-17-4-2-3-10-29(17)11-9-18(20)30(22)13-19(31)15-5-7-16(8-6-15)23(24,25)26/h5-8,12,17,19,31H,2-4,9-11,13H2,1H3. The molecule has 5 rings (SSSR count). The summed E-state index contributed by atoms with van der Waals surface area (Å²) < 4.78 is 40.6. The van der Waals surface area contributed by atoms with E-state index in [1.807, 2.05) is 11.5 Å². The molecule has 4 heterocycles. The summed E-state index contributed by atoms with van der Waals surface area (Å²) in [5, 5.41) is 10.9. The Morgan fingerprint density at radius 1 is 1.16 bits per heavy atom. The smallest absolute Gasteiger partial charge is 0.387 e. The predicted molar refractivity (Wildman–Crippen MR) is 111 cm³/mol. The zero-order chi connectivity index (χ0) is 21.8. The highest BCUT2D eigenvalue weighted by atomic mass is 19.4. The maximum absolute atomic E-state index is 12.9.